The number of piperazine rings is 1. The van der Waals surface area contributed by atoms with Gasteiger partial charge in [-0.1, -0.05) is 12.1 Å². The molecule has 0 atom stereocenters. The molecule has 2 aromatic heterocycles. The molecule has 1 aliphatic rings. The van der Waals surface area contributed by atoms with Gasteiger partial charge in [0.15, 0.2) is 5.75 Å². The molecule has 1 saturated heterocycles. The van der Waals surface area contributed by atoms with Crippen molar-refractivity contribution in [2.45, 2.75) is 0 Å². The number of hydrogen-bond acceptors (Lipinski definition) is 9. The van der Waals surface area contributed by atoms with Crippen LogP contribution in [-0.4, -0.2) is 57.6 Å². The number of aromatic nitrogens is 3. The molecule has 0 aliphatic carbocycles. The fourth-order valence-electron chi connectivity index (χ4n) is 4.11. The smallest absolute Gasteiger partial charge is 0.311 e. The van der Waals surface area contributed by atoms with Crippen LogP contribution >= 0.6 is 0 Å². The Hall–Kier alpha value is -4.51. The van der Waals surface area contributed by atoms with Crippen molar-refractivity contribution in [2.24, 2.45) is 7.05 Å². The second-order valence-corrected chi connectivity index (χ2v) is 8.63. The molecule has 1 aliphatic heterocycles. The summed E-state index contributed by atoms with van der Waals surface area (Å²) < 4.78 is 6.97. The van der Waals surface area contributed by atoms with Crippen molar-refractivity contribution in [3.8, 4) is 11.5 Å². The van der Waals surface area contributed by atoms with E-state index in [1.54, 1.807) is 19.3 Å². The third-order valence-corrected chi connectivity index (χ3v) is 6.19. The summed E-state index contributed by atoms with van der Waals surface area (Å²) in [5, 5.41) is 15.0. The third kappa shape index (κ3) is 4.68. The summed E-state index contributed by atoms with van der Waals surface area (Å²) in [5.41, 5.74) is 1.70. The zero-order chi connectivity index (χ0) is 25.2. The largest absolute Gasteiger partial charge is 0.444 e. The molecule has 1 N–H and O–H groups in total. The average molecular weight is 488 g/mol. The molecular weight excluding hydrogens is 462 g/mol. The van der Waals surface area contributed by atoms with Crippen molar-refractivity contribution in [3.05, 3.63) is 81.3 Å². The van der Waals surface area contributed by atoms with Gasteiger partial charge in [0.1, 0.15) is 5.65 Å². The first kappa shape index (κ1) is 23.2. The van der Waals surface area contributed by atoms with Gasteiger partial charge >= 0.3 is 5.69 Å². The van der Waals surface area contributed by atoms with E-state index < -0.39 is 10.5 Å². The summed E-state index contributed by atoms with van der Waals surface area (Å²) in [4.78, 5) is 37.2. The molecule has 0 bridgehead atoms. The lowest BCUT2D eigenvalue weighted by molar-refractivity contribution is -0.385. The van der Waals surface area contributed by atoms with E-state index in [9.17, 15) is 14.9 Å². The Balaban J connectivity index is 1.37. The molecule has 0 unspecified atom stereocenters. The number of likely N-dealkylation sites (N-methyl/N-ethyl adjacent to an activating group) is 1. The number of nitro benzene ring substituents is 1. The predicted octanol–water partition coefficient (Wildman–Crippen LogP) is 3.52. The Bertz CT molecular complexity index is 1480. The lowest BCUT2D eigenvalue weighted by Gasteiger charge is -2.34. The van der Waals surface area contributed by atoms with Gasteiger partial charge in [-0.25, -0.2) is 4.98 Å². The summed E-state index contributed by atoms with van der Waals surface area (Å²) in [6.45, 7) is 4.07. The highest BCUT2D eigenvalue weighted by atomic mass is 16.6. The number of nitro groups is 1. The first-order valence-electron chi connectivity index (χ1n) is 11.5. The van der Waals surface area contributed by atoms with Gasteiger partial charge in [-0.2, -0.15) is 4.98 Å². The van der Waals surface area contributed by atoms with Crippen LogP contribution in [0.5, 0.6) is 11.5 Å². The molecule has 0 radical (unpaired) electrons. The fourth-order valence-corrected chi connectivity index (χ4v) is 4.11. The molecule has 11 nitrogen and oxygen atoms in total. The Labute approximate surface area is 206 Å². The molecule has 5 rings (SSSR count). The van der Waals surface area contributed by atoms with Gasteiger partial charge in [-0.05, 0) is 43.4 Å². The number of nitrogens with one attached hydrogen (secondary N) is 1. The summed E-state index contributed by atoms with van der Waals surface area (Å²) in [6, 6.07) is 15.5. The SMILES string of the molecule is CN1CCN(c2ccc(Nc3ncc4cc(Oc5ccccc5[N+](=O)[O-])c(=O)n(C)c4n3)cc2)CC1. The van der Waals surface area contributed by atoms with Crippen molar-refractivity contribution in [2.75, 3.05) is 43.4 Å². The zero-order valence-electron chi connectivity index (χ0n) is 19.9. The van der Waals surface area contributed by atoms with Gasteiger partial charge < -0.3 is 19.9 Å². The highest BCUT2D eigenvalue weighted by Crippen LogP contribution is 2.30. The van der Waals surface area contributed by atoms with Crippen LogP contribution in [0.25, 0.3) is 11.0 Å². The monoisotopic (exact) mass is 487 g/mol. The molecule has 184 valence electrons. The Kier molecular flexibility index (Phi) is 6.21. The number of anilines is 3. The molecule has 0 amide bonds. The van der Waals surface area contributed by atoms with E-state index in [4.69, 9.17) is 4.74 Å². The number of rotatable bonds is 6. The summed E-state index contributed by atoms with van der Waals surface area (Å²) in [6.07, 6.45) is 1.58. The molecule has 36 heavy (non-hydrogen) atoms. The van der Waals surface area contributed by atoms with E-state index in [0.717, 1.165) is 31.9 Å². The van der Waals surface area contributed by atoms with Crippen molar-refractivity contribution in [1.29, 1.82) is 0 Å². The van der Waals surface area contributed by atoms with E-state index in [2.05, 4.69) is 44.3 Å². The summed E-state index contributed by atoms with van der Waals surface area (Å²) in [5.74, 6) is 0.276. The van der Waals surface area contributed by atoms with Crippen LogP contribution in [0.3, 0.4) is 0 Å². The maximum absolute atomic E-state index is 12.9. The van der Waals surface area contributed by atoms with Crippen LogP contribution < -0.4 is 20.5 Å². The number of benzene rings is 2. The first-order valence-corrected chi connectivity index (χ1v) is 11.5. The Morgan fingerprint density at radius 2 is 1.72 bits per heavy atom. The molecule has 0 spiro atoms. The van der Waals surface area contributed by atoms with Crippen molar-refractivity contribution < 1.29 is 9.66 Å². The van der Waals surface area contributed by atoms with Gasteiger partial charge in [0.25, 0.3) is 5.56 Å². The Morgan fingerprint density at radius 1 is 1.00 bits per heavy atom. The molecule has 0 saturated carbocycles. The van der Waals surface area contributed by atoms with E-state index in [0.29, 0.717) is 17.0 Å². The fraction of sp³-hybridized carbons (Fsp3) is 0.240. The van der Waals surface area contributed by atoms with E-state index >= 15 is 0 Å². The third-order valence-electron chi connectivity index (χ3n) is 6.19. The first-order chi connectivity index (χ1) is 17.4. The highest BCUT2D eigenvalue weighted by Gasteiger charge is 2.18. The molecule has 1 fully saturated rings. The standard InChI is InChI=1S/C25H25N7O4/c1-29-11-13-31(14-12-29)19-9-7-18(8-10-19)27-25-26-16-17-15-22(24(33)30(2)23(17)28-25)36-21-6-4-3-5-20(21)32(34)35/h3-10,15-16H,11-14H2,1-2H3,(H,26,27,28). The maximum atomic E-state index is 12.9. The van der Waals surface area contributed by atoms with Crippen molar-refractivity contribution in [1.82, 2.24) is 19.4 Å². The number of aryl methyl sites for hydroxylation is 1. The van der Waals surface area contributed by atoms with Crippen LogP contribution in [0.4, 0.5) is 23.0 Å². The average Bonchev–Trinajstić information content (AvgIpc) is 2.89. The highest BCUT2D eigenvalue weighted by molar-refractivity contribution is 5.77. The number of fused-ring (bicyclic) bond motifs is 1. The number of pyridine rings is 1. The van der Waals surface area contributed by atoms with Crippen molar-refractivity contribution in [3.63, 3.8) is 0 Å². The van der Waals surface area contributed by atoms with Gasteiger partial charge in [0, 0.05) is 62.3 Å². The van der Waals surface area contributed by atoms with Crippen LogP contribution in [0, 0.1) is 10.1 Å². The molecular formula is C25H25N7O4. The minimum atomic E-state index is -0.556. The predicted molar refractivity (Wildman–Crippen MR) is 137 cm³/mol. The minimum absolute atomic E-state index is 0.0156. The molecule has 11 heteroatoms. The van der Waals surface area contributed by atoms with Crippen LogP contribution in [0.15, 0.2) is 65.6 Å². The normalized spacial score (nSPS) is 14.1. The molecule has 2 aromatic carbocycles. The number of hydrogen-bond donors (Lipinski definition) is 1. The molecule has 4 aromatic rings. The van der Waals surface area contributed by atoms with Gasteiger partial charge in [0.2, 0.25) is 11.7 Å². The van der Waals surface area contributed by atoms with Gasteiger partial charge in [0.05, 0.1) is 4.92 Å². The molecule has 3 heterocycles. The topological polar surface area (TPSA) is 119 Å². The van der Waals surface area contributed by atoms with Crippen LogP contribution in [-0.2, 0) is 7.05 Å². The second-order valence-electron chi connectivity index (χ2n) is 8.63. The number of nitrogens with zero attached hydrogens (tertiary/aromatic N) is 6. The number of para-hydroxylation sites is 2. The van der Waals surface area contributed by atoms with Crippen molar-refractivity contribution >= 4 is 34.0 Å². The van der Waals surface area contributed by atoms with E-state index in [1.165, 1.54) is 34.5 Å². The van der Waals surface area contributed by atoms with E-state index in [1.807, 2.05) is 12.1 Å². The van der Waals surface area contributed by atoms with Gasteiger partial charge in [-0.3, -0.25) is 19.5 Å². The summed E-state index contributed by atoms with van der Waals surface area (Å²) >= 11 is 0. The Morgan fingerprint density at radius 3 is 2.44 bits per heavy atom. The van der Waals surface area contributed by atoms with Crippen LogP contribution in [0.1, 0.15) is 0 Å². The number of ether oxygens (including phenoxy) is 1. The van der Waals surface area contributed by atoms with Gasteiger partial charge in [-0.15, -0.1) is 0 Å². The maximum Gasteiger partial charge on any atom is 0.311 e. The summed E-state index contributed by atoms with van der Waals surface area (Å²) in [7, 11) is 3.70. The lowest BCUT2D eigenvalue weighted by Crippen LogP contribution is -2.44. The second kappa shape index (κ2) is 9.62. The minimum Gasteiger partial charge on any atom is -0.444 e. The lowest BCUT2D eigenvalue weighted by atomic mass is 10.2. The van der Waals surface area contributed by atoms with Crippen LogP contribution in [0.2, 0.25) is 0 Å². The van der Waals surface area contributed by atoms with E-state index in [-0.39, 0.29) is 17.2 Å². The zero-order valence-corrected chi connectivity index (χ0v) is 19.9. The quantitative estimate of drug-likeness (QED) is 0.322.